The monoisotopic (exact) mass is 318 g/mol. The molecule has 0 aromatic heterocycles. The summed E-state index contributed by atoms with van der Waals surface area (Å²) in [5.74, 6) is 1.79. The van der Waals surface area contributed by atoms with E-state index in [4.69, 9.17) is 10.00 Å². The highest BCUT2D eigenvalue weighted by atomic mass is 16.5. The summed E-state index contributed by atoms with van der Waals surface area (Å²) in [4.78, 5) is 14.3. The summed E-state index contributed by atoms with van der Waals surface area (Å²) in [7, 11) is 0. The number of hydrogen-bond acceptors (Lipinski definition) is 3. The number of hydrogen-bond donors (Lipinski definition) is 0. The number of ether oxygens (including phenoxy) is 1. The van der Waals surface area contributed by atoms with Crippen molar-refractivity contribution in [3.63, 3.8) is 0 Å². The first-order valence-electron chi connectivity index (χ1n) is 9.35. The molecule has 1 saturated heterocycles. The van der Waals surface area contributed by atoms with Gasteiger partial charge in [0.2, 0.25) is 5.91 Å². The first-order valence-corrected chi connectivity index (χ1v) is 9.35. The highest BCUT2D eigenvalue weighted by molar-refractivity contribution is 5.77. The van der Waals surface area contributed by atoms with Crippen LogP contribution in [0.1, 0.15) is 65.2 Å². The van der Waals surface area contributed by atoms with Crippen LogP contribution in [0.3, 0.4) is 0 Å². The Labute approximate surface area is 140 Å². The summed E-state index contributed by atoms with van der Waals surface area (Å²) >= 11 is 0. The molecule has 3 fully saturated rings. The SMILES string of the molecule is CCOC1C[C@@H]2CC(C)(CCC(=O)N3CCC[C@H]3C#N)C[C@@H]2C1. The minimum Gasteiger partial charge on any atom is -0.378 e. The molecule has 128 valence electrons. The van der Waals surface area contributed by atoms with Crippen LogP contribution in [0.4, 0.5) is 0 Å². The van der Waals surface area contributed by atoms with E-state index in [2.05, 4.69) is 19.9 Å². The summed E-state index contributed by atoms with van der Waals surface area (Å²) < 4.78 is 5.81. The molecule has 0 spiro atoms. The third-order valence-electron chi connectivity index (χ3n) is 6.37. The average Bonchev–Trinajstić information content (AvgIpc) is 3.18. The van der Waals surface area contributed by atoms with Crippen molar-refractivity contribution in [2.45, 2.75) is 77.4 Å². The lowest BCUT2D eigenvalue weighted by molar-refractivity contribution is -0.131. The molecule has 2 aliphatic carbocycles. The van der Waals surface area contributed by atoms with Crippen LogP contribution < -0.4 is 0 Å². The lowest BCUT2D eigenvalue weighted by Gasteiger charge is -2.27. The number of nitriles is 1. The van der Waals surface area contributed by atoms with Crippen LogP contribution in [-0.4, -0.2) is 36.1 Å². The number of fused-ring (bicyclic) bond motifs is 1. The maximum absolute atomic E-state index is 12.5. The van der Waals surface area contributed by atoms with Gasteiger partial charge in [-0.05, 0) is 69.1 Å². The van der Waals surface area contributed by atoms with E-state index >= 15 is 0 Å². The van der Waals surface area contributed by atoms with Crippen LogP contribution in [0, 0.1) is 28.6 Å². The number of nitrogens with zero attached hydrogens (tertiary/aromatic N) is 2. The Hall–Kier alpha value is -1.08. The second-order valence-corrected chi connectivity index (χ2v) is 8.16. The molecular formula is C19H30N2O2. The van der Waals surface area contributed by atoms with Crippen LogP contribution in [0.15, 0.2) is 0 Å². The van der Waals surface area contributed by atoms with Gasteiger partial charge in [0, 0.05) is 19.6 Å². The average molecular weight is 318 g/mol. The molecule has 1 amide bonds. The molecule has 3 aliphatic rings. The van der Waals surface area contributed by atoms with Crippen molar-refractivity contribution in [3.8, 4) is 6.07 Å². The third kappa shape index (κ3) is 3.55. The molecule has 2 unspecified atom stereocenters. The zero-order valence-electron chi connectivity index (χ0n) is 14.6. The second-order valence-electron chi connectivity index (χ2n) is 8.16. The van der Waals surface area contributed by atoms with E-state index in [9.17, 15) is 4.79 Å². The highest BCUT2D eigenvalue weighted by Crippen LogP contribution is 2.55. The molecule has 5 atom stereocenters. The Kier molecular flexibility index (Phi) is 4.96. The Morgan fingerprint density at radius 1 is 1.35 bits per heavy atom. The molecule has 1 heterocycles. The van der Waals surface area contributed by atoms with Crippen molar-refractivity contribution in [1.82, 2.24) is 4.90 Å². The molecule has 0 radical (unpaired) electrons. The molecular weight excluding hydrogens is 288 g/mol. The lowest BCUT2D eigenvalue weighted by atomic mass is 9.81. The van der Waals surface area contributed by atoms with Crippen molar-refractivity contribution >= 4 is 5.91 Å². The fourth-order valence-corrected chi connectivity index (χ4v) is 5.33. The minimum atomic E-state index is -0.176. The van der Waals surface area contributed by atoms with Crippen molar-refractivity contribution in [1.29, 1.82) is 5.26 Å². The van der Waals surface area contributed by atoms with Crippen LogP contribution in [0.2, 0.25) is 0 Å². The fourth-order valence-electron chi connectivity index (χ4n) is 5.33. The quantitative estimate of drug-likeness (QED) is 0.779. The number of carbonyl (C=O) groups excluding carboxylic acids is 1. The number of amides is 1. The van der Waals surface area contributed by atoms with Gasteiger partial charge in [-0.3, -0.25) is 4.79 Å². The van der Waals surface area contributed by atoms with Gasteiger partial charge in [-0.2, -0.15) is 5.26 Å². The van der Waals surface area contributed by atoms with Crippen molar-refractivity contribution in [2.75, 3.05) is 13.2 Å². The predicted octanol–water partition coefficient (Wildman–Crippen LogP) is 3.51. The van der Waals surface area contributed by atoms with E-state index in [0.717, 1.165) is 44.2 Å². The highest BCUT2D eigenvalue weighted by Gasteiger charge is 2.47. The van der Waals surface area contributed by atoms with Gasteiger partial charge in [0.05, 0.1) is 12.2 Å². The normalized spacial score (nSPS) is 39.4. The van der Waals surface area contributed by atoms with E-state index in [1.807, 2.05) is 4.90 Å². The number of carbonyl (C=O) groups is 1. The summed E-state index contributed by atoms with van der Waals surface area (Å²) in [6.07, 6.45) is 8.81. The van der Waals surface area contributed by atoms with Crippen molar-refractivity contribution in [2.24, 2.45) is 17.3 Å². The van der Waals surface area contributed by atoms with Gasteiger partial charge in [0.1, 0.15) is 6.04 Å². The van der Waals surface area contributed by atoms with E-state index in [0.29, 0.717) is 17.9 Å². The Balaban J connectivity index is 1.48. The molecule has 1 aliphatic heterocycles. The van der Waals surface area contributed by atoms with E-state index in [1.54, 1.807) is 0 Å². The zero-order chi connectivity index (χ0) is 16.4. The van der Waals surface area contributed by atoms with Gasteiger partial charge in [-0.1, -0.05) is 6.92 Å². The van der Waals surface area contributed by atoms with Gasteiger partial charge in [0.15, 0.2) is 0 Å². The number of rotatable bonds is 5. The standard InChI is InChI=1S/C19H30N2O2/c1-3-23-17-9-14-11-19(2,12-15(14)10-17)7-6-18(22)21-8-4-5-16(21)13-20/h14-17H,3-12H2,1-2H3/t14-,15+,16-,17?,19?/m0/s1. The third-order valence-corrected chi connectivity index (χ3v) is 6.37. The Bertz CT molecular complexity index is 470. The van der Waals surface area contributed by atoms with Gasteiger partial charge in [-0.25, -0.2) is 0 Å². The van der Waals surface area contributed by atoms with Gasteiger partial charge < -0.3 is 9.64 Å². The molecule has 4 heteroatoms. The maximum Gasteiger partial charge on any atom is 0.223 e. The molecule has 23 heavy (non-hydrogen) atoms. The molecule has 4 nitrogen and oxygen atoms in total. The van der Waals surface area contributed by atoms with E-state index in [1.165, 1.54) is 25.7 Å². The Morgan fingerprint density at radius 2 is 2.04 bits per heavy atom. The first kappa shape index (κ1) is 16.8. The summed E-state index contributed by atoms with van der Waals surface area (Å²) in [6, 6.07) is 2.10. The van der Waals surface area contributed by atoms with Crippen LogP contribution in [0.25, 0.3) is 0 Å². The smallest absolute Gasteiger partial charge is 0.223 e. The van der Waals surface area contributed by atoms with Gasteiger partial charge >= 0.3 is 0 Å². The number of likely N-dealkylation sites (tertiary alicyclic amines) is 1. The van der Waals surface area contributed by atoms with Crippen molar-refractivity contribution in [3.05, 3.63) is 0 Å². The molecule has 3 rings (SSSR count). The second kappa shape index (κ2) is 6.81. The molecule has 2 saturated carbocycles. The summed E-state index contributed by atoms with van der Waals surface area (Å²) in [5, 5.41) is 9.14. The van der Waals surface area contributed by atoms with E-state index < -0.39 is 0 Å². The fraction of sp³-hybridized carbons (Fsp3) is 0.895. The minimum absolute atomic E-state index is 0.176. The Morgan fingerprint density at radius 3 is 2.65 bits per heavy atom. The lowest BCUT2D eigenvalue weighted by Crippen LogP contribution is -2.35. The van der Waals surface area contributed by atoms with Crippen LogP contribution in [-0.2, 0) is 9.53 Å². The molecule has 0 N–H and O–H groups in total. The van der Waals surface area contributed by atoms with E-state index in [-0.39, 0.29) is 11.9 Å². The summed E-state index contributed by atoms with van der Waals surface area (Å²) in [5.41, 5.74) is 0.310. The van der Waals surface area contributed by atoms with Gasteiger partial charge in [-0.15, -0.1) is 0 Å². The molecule has 0 aromatic rings. The van der Waals surface area contributed by atoms with Gasteiger partial charge in [0.25, 0.3) is 0 Å². The van der Waals surface area contributed by atoms with Crippen LogP contribution in [0.5, 0.6) is 0 Å². The molecule has 0 bridgehead atoms. The maximum atomic E-state index is 12.5. The van der Waals surface area contributed by atoms with Crippen LogP contribution >= 0.6 is 0 Å². The zero-order valence-corrected chi connectivity index (χ0v) is 14.6. The van der Waals surface area contributed by atoms with Crippen molar-refractivity contribution < 1.29 is 9.53 Å². The predicted molar refractivity (Wildman–Crippen MR) is 88.6 cm³/mol. The molecule has 0 aromatic carbocycles. The largest absolute Gasteiger partial charge is 0.378 e. The topological polar surface area (TPSA) is 53.3 Å². The summed E-state index contributed by atoms with van der Waals surface area (Å²) in [6.45, 7) is 6.04. The first-order chi connectivity index (χ1) is 11.0.